The largest absolute Gasteiger partial charge is 0.500 e. The summed E-state index contributed by atoms with van der Waals surface area (Å²) < 4.78 is 5.62. The molecule has 0 saturated heterocycles. The summed E-state index contributed by atoms with van der Waals surface area (Å²) in [5.41, 5.74) is 7.34. The lowest BCUT2D eigenvalue weighted by Gasteiger charge is -2.33. The highest BCUT2D eigenvalue weighted by Crippen LogP contribution is 2.23. The summed E-state index contributed by atoms with van der Waals surface area (Å²) in [4.78, 5) is 1.04. The van der Waals surface area contributed by atoms with Gasteiger partial charge in [0.25, 0.3) is 0 Å². The Labute approximate surface area is 106 Å². The lowest BCUT2D eigenvalue weighted by Crippen LogP contribution is -2.16. The average Bonchev–Trinajstić information content (AvgIpc) is 2.29. The maximum atomic E-state index is 6.15. The molecule has 1 aliphatic heterocycles. The smallest absolute Gasteiger partial charge is 0.172 e. The van der Waals surface area contributed by atoms with E-state index in [1.807, 2.05) is 45.1 Å². The minimum absolute atomic E-state index is 0.329. The van der Waals surface area contributed by atoms with E-state index in [0.717, 1.165) is 10.00 Å². The van der Waals surface area contributed by atoms with Gasteiger partial charge in [-0.15, -0.1) is 11.3 Å². The summed E-state index contributed by atoms with van der Waals surface area (Å²) in [5.74, 6) is 2.59. The van der Waals surface area contributed by atoms with Gasteiger partial charge >= 0.3 is 0 Å². The van der Waals surface area contributed by atoms with Crippen molar-refractivity contribution in [2.24, 2.45) is 0 Å². The molecule has 0 fully saturated rings. The maximum Gasteiger partial charge on any atom is 0.172 e. The summed E-state index contributed by atoms with van der Waals surface area (Å²) in [7, 11) is -0.533. The lowest BCUT2D eigenvalue weighted by atomic mass is 10.2. The van der Waals surface area contributed by atoms with Gasteiger partial charge in [-0.3, -0.25) is 0 Å². The van der Waals surface area contributed by atoms with E-state index in [4.69, 9.17) is 16.8 Å². The monoisotopic (exact) mass is 245 g/mol. The topological polar surface area (TPSA) is 9.23 Å². The van der Waals surface area contributed by atoms with Gasteiger partial charge in [-0.1, -0.05) is 35.8 Å². The van der Waals surface area contributed by atoms with Gasteiger partial charge in [0.05, 0.1) is 0 Å². The van der Waals surface area contributed by atoms with Gasteiger partial charge in [0.2, 0.25) is 0 Å². The van der Waals surface area contributed by atoms with E-state index in [0.29, 0.717) is 0 Å². The fourth-order valence-electron chi connectivity index (χ4n) is 1.32. The first-order valence-corrected chi connectivity index (χ1v) is 6.68. The van der Waals surface area contributed by atoms with Crippen LogP contribution in [0.1, 0.15) is 20.8 Å². The Bertz CT molecular complexity index is 511. The van der Waals surface area contributed by atoms with Crippen molar-refractivity contribution in [1.82, 2.24) is 0 Å². The molecule has 1 unspecified atom stereocenters. The Morgan fingerprint density at radius 2 is 2.24 bits per heavy atom. The van der Waals surface area contributed by atoms with Gasteiger partial charge in [-0.05, 0) is 26.8 Å². The molecule has 1 rings (SSSR count). The van der Waals surface area contributed by atoms with E-state index >= 15 is 0 Å². The molecule has 0 aromatic heterocycles. The molecule has 2 heteroatoms. The molecule has 0 spiro atoms. The van der Waals surface area contributed by atoms with Crippen molar-refractivity contribution in [2.75, 3.05) is 0 Å². The minimum atomic E-state index is -0.533. The normalized spacial score (nSPS) is 23.0. The van der Waals surface area contributed by atoms with E-state index in [9.17, 15) is 0 Å². The molecule has 0 aliphatic carbocycles. The van der Waals surface area contributed by atoms with Crippen LogP contribution in [0.2, 0.25) is 0 Å². The van der Waals surface area contributed by atoms with E-state index in [1.54, 1.807) is 0 Å². The first-order valence-electron chi connectivity index (χ1n) is 5.39. The SMILES string of the molecule is C#CC1C=C(C=C(C)C)[S-](#C)/C(=C\C=C/C)O1. The van der Waals surface area contributed by atoms with Crippen molar-refractivity contribution in [1.29, 1.82) is 0 Å². The molecule has 0 aromatic carbocycles. The third-order valence-corrected chi connectivity index (χ3v) is 3.48. The molecule has 0 radical (unpaired) electrons. The zero-order chi connectivity index (χ0) is 12.8. The highest BCUT2D eigenvalue weighted by molar-refractivity contribution is 7.94. The van der Waals surface area contributed by atoms with Crippen LogP contribution in [-0.4, -0.2) is 6.10 Å². The first-order chi connectivity index (χ1) is 8.08. The second-order valence-electron chi connectivity index (χ2n) is 3.85. The summed E-state index contributed by atoms with van der Waals surface area (Å²) in [6.07, 6.45) is 14.7. The van der Waals surface area contributed by atoms with E-state index in [1.165, 1.54) is 5.57 Å². The summed E-state index contributed by atoms with van der Waals surface area (Å²) in [6, 6.07) is 0. The predicted octanol–water partition coefficient (Wildman–Crippen LogP) is 3.49. The molecule has 1 aliphatic rings. The van der Waals surface area contributed by atoms with Crippen LogP contribution >= 0.6 is 0 Å². The average molecular weight is 245 g/mol. The Hall–Kier alpha value is -1.55. The van der Waals surface area contributed by atoms with Gasteiger partial charge in [0.15, 0.2) is 6.10 Å². The van der Waals surface area contributed by atoms with Crippen LogP contribution in [0, 0.1) is 18.0 Å². The molecule has 90 valence electrons. The van der Waals surface area contributed by atoms with Crippen LogP contribution < -0.4 is 0 Å². The number of ether oxygens (including phenoxy) is 1. The number of hydrogen-bond acceptors (Lipinski definition) is 2. The molecular formula is C15H17OS-. The molecule has 0 saturated carbocycles. The van der Waals surface area contributed by atoms with Crippen molar-refractivity contribution >= 4 is 10.3 Å². The third-order valence-electron chi connectivity index (χ3n) is 2.05. The van der Waals surface area contributed by atoms with Gasteiger partial charge in [0.1, 0.15) is 0 Å². The Kier molecular flexibility index (Phi) is 4.97. The molecule has 0 amide bonds. The van der Waals surface area contributed by atoms with Crippen LogP contribution in [0.5, 0.6) is 0 Å². The second kappa shape index (κ2) is 6.25. The van der Waals surface area contributed by atoms with Gasteiger partial charge in [-0.2, -0.15) is 0 Å². The first kappa shape index (κ1) is 13.5. The molecule has 0 aromatic rings. The summed E-state index contributed by atoms with van der Waals surface area (Å²) >= 11 is 0. The molecule has 17 heavy (non-hydrogen) atoms. The molecule has 1 heterocycles. The molecule has 0 N–H and O–H groups in total. The third kappa shape index (κ3) is 3.75. The molecule has 0 bridgehead atoms. The van der Waals surface area contributed by atoms with Crippen LogP contribution in [0.3, 0.4) is 0 Å². The molecule has 1 nitrogen and oxygen atoms in total. The zero-order valence-electron chi connectivity index (χ0n) is 10.4. The van der Waals surface area contributed by atoms with Crippen LogP contribution in [-0.2, 0) is 15.0 Å². The van der Waals surface area contributed by atoms with E-state index in [2.05, 4.69) is 12.0 Å². The standard InChI is InChI=1S/C15H17OS/c1-6-8-9-15-16-13(7-2)11-14(17(15)5)10-12(3)4/h2,5-6,8-11,13H,1,3-4H3/q-1/b8-6-,15-9-. The van der Waals surface area contributed by atoms with Crippen molar-refractivity contribution in [3.8, 4) is 18.0 Å². The number of rotatable bonds is 2. The fourth-order valence-corrected chi connectivity index (χ4v) is 2.61. The second-order valence-corrected chi connectivity index (χ2v) is 5.39. The summed E-state index contributed by atoms with van der Waals surface area (Å²) in [6.45, 7) is 6.02. The molecular weight excluding hydrogens is 228 g/mol. The van der Waals surface area contributed by atoms with Gasteiger partial charge < -0.3 is 20.7 Å². The van der Waals surface area contributed by atoms with Gasteiger partial charge in [0, 0.05) is 5.09 Å². The number of terminal acetylenes is 1. The summed E-state index contributed by atoms with van der Waals surface area (Å²) in [5, 5.41) is 0.737. The lowest BCUT2D eigenvalue weighted by molar-refractivity contribution is 0.222. The van der Waals surface area contributed by atoms with Gasteiger partial charge in [-0.25, -0.2) is 0 Å². The van der Waals surface area contributed by atoms with E-state index < -0.39 is 10.3 Å². The Morgan fingerprint density at radius 1 is 1.53 bits per heavy atom. The Balaban J connectivity index is 3.15. The van der Waals surface area contributed by atoms with Crippen molar-refractivity contribution in [2.45, 2.75) is 26.9 Å². The predicted molar refractivity (Wildman–Crippen MR) is 76.4 cm³/mol. The van der Waals surface area contributed by atoms with Crippen molar-refractivity contribution in [3.05, 3.63) is 45.9 Å². The highest BCUT2D eigenvalue weighted by Gasteiger charge is 2.08. The Morgan fingerprint density at radius 3 is 2.76 bits per heavy atom. The minimum Gasteiger partial charge on any atom is -0.500 e. The molecule has 1 atom stereocenters. The van der Waals surface area contributed by atoms with E-state index in [-0.39, 0.29) is 6.10 Å². The quantitative estimate of drug-likeness (QED) is 0.534. The zero-order valence-corrected chi connectivity index (χ0v) is 11.3. The van der Waals surface area contributed by atoms with Crippen molar-refractivity contribution in [3.63, 3.8) is 0 Å². The maximum absolute atomic E-state index is 6.15. The highest BCUT2D eigenvalue weighted by atomic mass is 32.2. The van der Waals surface area contributed by atoms with Crippen LogP contribution in [0.15, 0.2) is 45.9 Å². The number of allylic oxidation sites excluding steroid dienone is 5. The number of hydrogen-bond donors (Lipinski definition) is 0. The van der Waals surface area contributed by atoms with Crippen LogP contribution in [0.4, 0.5) is 0 Å². The van der Waals surface area contributed by atoms with Crippen molar-refractivity contribution < 1.29 is 4.74 Å². The van der Waals surface area contributed by atoms with Crippen LogP contribution in [0.25, 0.3) is 0 Å². The fraction of sp³-hybridized carbons (Fsp3) is 0.267.